The van der Waals surface area contributed by atoms with Crippen molar-refractivity contribution < 1.29 is 23.1 Å². The van der Waals surface area contributed by atoms with Crippen LogP contribution in [-0.4, -0.2) is 22.5 Å². The smallest absolute Gasteiger partial charge is 0.416 e. The van der Waals surface area contributed by atoms with E-state index in [1.807, 2.05) is 0 Å². The number of carbonyl (C=O) groups is 1. The van der Waals surface area contributed by atoms with Crippen molar-refractivity contribution in [2.75, 3.05) is 6.54 Å². The molecule has 35 heavy (non-hydrogen) atoms. The molecule has 1 aliphatic rings. The van der Waals surface area contributed by atoms with Gasteiger partial charge in [-0.3, -0.25) is 9.69 Å². The summed E-state index contributed by atoms with van der Waals surface area (Å²) >= 11 is 0. The molecule has 192 valence electrons. The van der Waals surface area contributed by atoms with E-state index >= 15 is 0 Å². The van der Waals surface area contributed by atoms with Crippen LogP contribution in [0.25, 0.3) is 0 Å². The van der Waals surface area contributed by atoms with Crippen LogP contribution in [0.4, 0.5) is 13.2 Å². The molecule has 2 aromatic carbocycles. The average Bonchev–Trinajstić information content (AvgIpc) is 2.80. The fraction of sp³-hybridized carbons (Fsp3) is 0.552. The number of hydrogen-bond donors (Lipinski definition) is 1. The highest BCUT2D eigenvalue weighted by atomic mass is 19.4. The molecule has 0 aromatic heterocycles. The van der Waals surface area contributed by atoms with E-state index in [-0.39, 0.29) is 24.4 Å². The number of rotatable bonds is 10. The van der Waals surface area contributed by atoms with Crippen LogP contribution in [0, 0.1) is 11.8 Å². The molecule has 1 aliphatic heterocycles. The van der Waals surface area contributed by atoms with E-state index in [4.69, 9.17) is 0 Å². The van der Waals surface area contributed by atoms with Crippen molar-refractivity contribution >= 4 is 5.97 Å². The second-order valence-corrected chi connectivity index (χ2v) is 10.3. The molecule has 3 atom stereocenters. The fourth-order valence-electron chi connectivity index (χ4n) is 5.29. The molecule has 0 amide bonds. The van der Waals surface area contributed by atoms with Gasteiger partial charge in [0.25, 0.3) is 0 Å². The molecule has 0 aliphatic carbocycles. The average molecular weight is 490 g/mol. The van der Waals surface area contributed by atoms with E-state index in [1.54, 1.807) is 12.1 Å². The molecule has 0 spiro atoms. The molecule has 6 heteroatoms. The van der Waals surface area contributed by atoms with Crippen molar-refractivity contribution in [2.45, 2.75) is 84.0 Å². The Balaban J connectivity index is 1.96. The predicted molar refractivity (Wildman–Crippen MR) is 133 cm³/mol. The lowest BCUT2D eigenvalue weighted by Gasteiger charge is -2.44. The number of halogens is 3. The molecule has 0 saturated carbocycles. The van der Waals surface area contributed by atoms with Gasteiger partial charge in [-0.25, -0.2) is 0 Å². The summed E-state index contributed by atoms with van der Waals surface area (Å²) in [6.45, 7) is 7.29. The maximum atomic E-state index is 13.2. The number of alkyl halides is 3. The maximum Gasteiger partial charge on any atom is 0.416 e. The van der Waals surface area contributed by atoms with Gasteiger partial charge in [-0.05, 0) is 79.3 Å². The number of nitrogens with zero attached hydrogens (tertiary/aromatic N) is 1. The Morgan fingerprint density at radius 3 is 2.26 bits per heavy atom. The Morgan fingerprint density at radius 2 is 1.71 bits per heavy atom. The number of carboxylic acid groups (broad SMARTS) is 1. The van der Waals surface area contributed by atoms with Crippen LogP contribution in [0.3, 0.4) is 0 Å². The van der Waals surface area contributed by atoms with Crippen molar-refractivity contribution in [3.05, 3.63) is 70.8 Å². The van der Waals surface area contributed by atoms with E-state index in [2.05, 4.69) is 49.9 Å². The van der Waals surface area contributed by atoms with Crippen molar-refractivity contribution in [3.63, 3.8) is 0 Å². The molecule has 1 heterocycles. The SMILES string of the molecule is CCCc1ccc([C@@H](CCC(C)C)N2CC[C@H](CC(=O)O)C[C@H]2c2ccc(C(F)(F)F)cc2)cc1. The van der Waals surface area contributed by atoms with Gasteiger partial charge in [0.15, 0.2) is 0 Å². The summed E-state index contributed by atoms with van der Waals surface area (Å²) in [6, 6.07) is 14.2. The van der Waals surface area contributed by atoms with Crippen LogP contribution in [-0.2, 0) is 17.4 Å². The first-order valence-electron chi connectivity index (χ1n) is 12.8. The zero-order valence-corrected chi connectivity index (χ0v) is 21.0. The van der Waals surface area contributed by atoms with Gasteiger partial charge in [0, 0.05) is 18.5 Å². The minimum atomic E-state index is -4.38. The summed E-state index contributed by atoms with van der Waals surface area (Å²) < 4.78 is 39.5. The zero-order chi connectivity index (χ0) is 25.6. The van der Waals surface area contributed by atoms with Gasteiger partial charge in [0.1, 0.15) is 0 Å². The third-order valence-corrected chi connectivity index (χ3v) is 7.16. The lowest BCUT2D eigenvalue weighted by atomic mass is 9.82. The Kier molecular flexibility index (Phi) is 9.40. The van der Waals surface area contributed by atoms with E-state index in [0.29, 0.717) is 12.3 Å². The van der Waals surface area contributed by atoms with Gasteiger partial charge in [0.2, 0.25) is 0 Å². The Bertz CT molecular complexity index is 938. The molecule has 3 rings (SSSR count). The number of carboxylic acids is 1. The zero-order valence-electron chi connectivity index (χ0n) is 21.0. The Morgan fingerprint density at radius 1 is 1.06 bits per heavy atom. The van der Waals surface area contributed by atoms with Gasteiger partial charge in [-0.1, -0.05) is 63.6 Å². The highest BCUT2D eigenvalue weighted by molar-refractivity contribution is 5.67. The molecule has 1 fully saturated rings. The summed E-state index contributed by atoms with van der Waals surface area (Å²) in [5.41, 5.74) is 2.69. The number of hydrogen-bond acceptors (Lipinski definition) is 2. The van der Waals surface area contributed by atoms with Gasteiger partial charge >= 0.3 is 12.1 Å². The lowest BCUT2D eigenvalue weighted by Crippen LogP contribution is -2.40. The van der Waals surface area contributed by atoms with E-state index < -0.39 is 17.7 Å². The highest BCUT2D eigenvalue weighted by Gasteiger charge is 2.36. The van der Waals surface area contributed by atoms with E-state index in [9.17, 15) is 23.1 Å². The summed E-state index contributed by atoms with van der Waals surface area (Å²) in [4.78, 5) is 13.8. The topological polar surface area (TPSA) is 40.5 Å². The standard InChI is InChI=1S/C29H38F3NO2/c1-4-5-21-7-9-23(10-8-21)26(15-6-20(2)3)33-17-16-22(19-28(34)35)18-27(33)24-11-13-25(14-12-24)29(30,31)32/h7-14,20,22,26-27H,4-6,15-19H2,1-3H3,(H,34,35)/t22-,26+,27-/m0/s1. The third-order valence-electron chi connectivity index (χ3n) is 7.16. The number of aryl methyl sites for hydroxylation is 1. The lowest BCUT2D eigenvalue weighted by molar-refractivity contribution is -0.139. The van der Waals surface area contributed by atoms with Gasteiger partial charge in [-0.15, -0.1) is 0 Å². The van der Waals surface area contributed by atoms with Gasteiger partial charge in [0.05, 0.1) is 5.56 Å². The minimum Gasteiger partial charge on any atom is -0.481 e. The van der Waals surface area contributed by atoms with E-state index in [1.165, 1.54) is 11.1 Å². The van der Waals surface area contributed by atoms with Gasteiger partial charge in [-0.2, -0.15) is 13.2 Å². The molecular weight excluding hydrogens is 451 g/mol. The van der Waals surface area contributed by atoms with Crippen LogP contribution in [0.5, 0.6) is 0 Å². The van der Waals surface area contributed by atoms with Crippen molar-refractivity contribution in [2.24, 2.45) is 11.8 Å². The number of benzene rings is 2. The van der Waals surface area contributed by atoms with E-state index in [0.717, 1.165) is 56.3 Å². The molecule has 3 nitrogen and oxygen atoms in total. The largest absolute Gasteiger partial charge is 0.481 e. The van der Waals surface area contributed by atoms with Crippen LogP contribution in [0.1, 0.15) is 93.6 Å². The summed E-state index contributed by atoms with van der Waals surface area (Å²) in [5, 5.41) is 9.38. The number of likely N-dealkylation sites (tertiary alicyclic amines) is 1. The van der Waals surface area contributed by atoms with Crippen molar-refractivity contribution in [3.8, 4) is 0 Å². The van der Waals surface area contributed by atoms with Gasteiger partial charge < -0.3 is 5.11 Å². The Labute approximate surface area is 207 Å². The summed E-state index contributed by atoms with van der Waals surface area (Å²) in [6.07, 6.45) is 1.22. The first-order valence-corrected chi connectivity index (χ1v) is 12.8. The second kappa shape index (κ2) is 12.1. The molecule has 1 saturated heterocycles. The monoisotopic (exact) mass is 489 g/mol. The maximum absolute atomic E-state index is 13.2. The minimum absolute atomic E-state index is 0.00808. The van der Waals surface area contributed by atoms with Crippen LogP contribution < -0.4 is 0 Å². The second-order valence-electron chi connectivity index (χ2n) is 10.3. The predicted octanol–water partition coefficient (Wildman–Crippen LogP) is 8.06. The van der Waals surface area contributed by atoms with Crippen LogP contribution in [0.15, 0.2) is 48.5 Å². The Hall–Kier alpha value is -2.34. The molecule has 0 bridgehead atoms. The van der Waals surface area contributed by atoms with Crippen molar-refractivity contribution in [1.29, 1.82) is 0 Å². The summed E-state index contributed by atoms with van der Waals surface area (Å²) in [5.74, 6) is -0.280. The quantitative estimate of drug-likeness (QED) is 0.367. The van der Waals surface area contributed by atoms with Crippen LogP contribution in [0.2, 0.25) is 0 Å². The number of piperidine rings is 1. The fourth-order valence-corrected chi connectivity index (χ4v) is 5.29. The van der Waals surface area contributed by atoms with Crippen LogP contribution >= 0.6 is 0 Å². The third kappa shape index (κ3) is 7.57. The summed E-state index contributed by atoms with van der Waals surface area (Å²) in [7, 11) is 0. The highest BCUT2D eigenvalue weighted by Crippen LogP contribution is 2.43. The molecular formula is C29H38F3NO2. The molecule has 2 aromatic rings. The normalized spacial score (nSPS) is 20.2. The number of aliphatic carboxylic acids is 1. The molecule has 0 unspecified atom stereocenters. The molecule has 0 radical (unpaired) electrons. The van der Waals surface area contributed by atoms with Crippen molar-refractivity contribution in [1.82, 2.24) is 4.90 Å². The first-order chi connectivity index (χ1) is 16.6. The molecule has 1 N–H and O–H groups in total. The first kappa shape index (κ1) is 27.3.